The molecule has 0 bridgehead atoms. The molecule has 0 fully saturated rings. The molecule has 27 heavy (non-hydrogen) atoms. The minimum atomic E-state index is 0.667. The molecule has 1 aromatic carbocycles. The van der Waals surface area contributed by atoms with Crippen LogP contribution in [0.4, 0.5) is 5.82 Å². The first-order valence-corrected chi connectivity index (χ1v) is 10.3. The highest BCUT2D eigenvalue weighted by atomic mass is 79.9. The van der Waals surface area contributed by atoms with E-state index in [0.717, 1.165) is 31.4 Å². The average Bonchev–Trinajstić information content (AvgIpc) is 3.10. The summed E-state index contributed by atoms with van der Waals surface area (Å²) < 4.78 is 2.67. The smallest absolute Gasteiger partial charge is 0.172 e. The molecule has 4 rings (SSSR count). The molecule has 138 valence electrons. The van der Waals surface area contributed by atoms with Crippen LogP contribution in [0.1, 0.15) is 19.4 Å². The van der Waals surface area contributed by atoms with Crippen LogP contribution in [0.2, 0.25) is 0 Å². The number of pyridine rings is 1. The monoisotopic (exact) mass is 441 g/mol. The lowest BCUT2D eigenvalue weighted by molar-refractivity contribution is 0.903. The molecule has 0 radical (unpaired) electrons. The number of nitrogens with zero attached hydrogens (tertiary/aromatic N) is 4. The zero-order valence-corrected chi connectivity index (χ0v) is 17.5. The Bertz CT molecular complexity index is 989. The average molecular weight is 442 g/mol. The van der Waals surface area contributed by atoms with Crippen molar-refractivity contribution in [2.24, 2.45) is 0 Å². The number of fused-ring (bicyclic) bond motifs is 1. The zero-order valence-electron chi connectivity index (χ0n) is 15.1. The summed E-state index contributed by atoms with van der Waals surface area (Å²) in [5, 5.41) is 8.74. The molecule has 5 nitrogen and oxygen atoms in total. The second-order valence-corrected chi connectivity index (χ2v) is 7.29. The molecule has 0 spiro atoms. The molecule has 0 atom stereocenters. The van der Waals surface area contributed by atoms with Crippen LogP contribution in [-0.2, 0) is 6.54 Å². The van der Waals surface area contributed by atoms with Crippen LogP contribution in [0.25, 0.3) is 5.65 Å². The first-order chi connectivity index (χ1) is 13.3. The molecule has 7 heteroatoms. The first-order valence-electron chi connectivity index (χ1n) is 8.69. The standard InChI is InChI=1S/C18H14BrN5S.C2H6/c19-15-12-22-24-16(21-11-13-5-4-8-20-10-13)9-17(23-18(15)24)25-14-6-2-1-3-7-14;1-2/h1-10,12,21H,11H2;1-2H3. The second-order valence-electron chi connectivity index (χ2n) is 5.34. The molecule has 0 saturated heterocycles. The lowest BCUT2D eigenvalue weighted by Crippen LogP contribution is -2.06. The summed E-state index contributed by atoms with van der Waals surface area (Å²) in [6.07, 6.45) is 5.38. The van der Waals surface area contributed by atoms with Gasteiger partial charge >= 0.3 is 0 Å². The molecule has 1 N–H and O–H groups in total. The van der Waals surface area contributed by atoms with Crippen molar-refractivity contribution in [3.05, 3.63) is 77.2 Å². The third kappa shape index (κ3) is 4.87. The number of anilines is 1. The van der Waals surface area contributed by atoms with Crippen LogP contribution in [0.5, 0.6) is 0 Å². The normalized spacial score (nSPS) is 10.3. The van der Waals surface area contributed by atoms with Crippen LogP contribution in [0, 0.1) is 0 Å². The maximum absolute atomic E-state index is 4.71. The van der Waals surface area contributed by atoms with Gasteiger partial charge in [0.15, 0.2) is 5.65 Å². The van der Waals surface area contributed by atoms with Gasteiger partial charge in [-0.2, -0.15) is 9.61 Å². The lowest BCUT2D eigenvalue weighted by Gasteiger charge is -2.10. The Morgan fingerprint density at radius 2 is 1.89 bits per heavy atom. The summed E-state index contributed by atoms with van der Waals surface area (Å²) in [7, 11) is 0. The molecule has 0 aliphatic heterocycles. The minimum Gasteiger partial charge on any atom is -0.366 e. The summed E-state index contributed by atoms with van der Waals surface area (Å²) in [6, 6.07) is 16.2. The maximum atomic E-state index is 4.71. The van der Waals surface area contributed by atoms with E-state index in [0.29, 0.717) is 6.54 Å². The van der Waals surface area contributed by atoms with Crippen molar-refractivity contribution in [3.8, 4) is 0 Å². The summed E-state index contributed by atoms with van der Waals surface area (Å²) in [5.74, 6) is 0.887. The van der Waals surface area contributed by atoms with Gasteiger partial charge in [0, 0.05) is 29.9 Å². The van der Waals surface area contributed by atoms with Gasteiger partial charge in [-0.1, -0.05) is 49.9 Å². The molecule has 0 saturated carbocycles. The van der Waals surface area contributed by atoms with Gasteiger partial charge in [0.1, 0.15) is 10.8 Å². The van der Waals surface area contributed by atoms with Crippen molar-refractivity contribution < 1.29 is 0 Å². The number of hydrogen-bond acceptors (Lipinski definition) is 5. The van der Waals surface area contributed by atoms with E-state index in [1.165, 1.54) is 0 Å². The zero-order chi connectivity index (χ0) is 19.1. The molecule has 3 aromatic heterocycles. The van der Waals surface area contributed by atoms with E-state index >= 15 is 0 Å². The van der Waals surface area contributed by atoms with Crippen molar-refractivity contribution in [1.82, 2.24) is 19.6 Å². The quantitative estimate of drug-likeness (QED) is 0.403. The third-order valence-corrected chi connectivity index (χ3v) is 5.05. The molecular formula is C20H20BrN5S. The fraction of sp³-hybridized carbons (Fsp3) is 0.150. The highest BCUT2D eigenvalue weighted by Crippen LogP contribution is 2.30. The van der Waals surface area contributed by atoms with Crippen molar-refractivity contribution >= 4 is 39.2 Å². The van der Waals surface area contributed by atoms with Crippen LogP contribution in [0.3, 0.4) is 0 Å². The van der Waals surface area contributed by atoms with Gasteiger partial charge in [0.2, 0.25) is 0 Å². The molecule has 0 aliphatic carbocycles. The van der Waals surface area contributed by atoms with Gasteiger partial charge in [-0.15, -0.1) is 0 Å². The van der Waals surface area contributed by atoms with Crippen molar-refractivity contribution in [1.29, 1.82) is 0 Å². The first kappa shape index (κ1) is 19.4. The van der Waals surface area contributed by atoms with Gasteiger partial charge in [0.05, 0.1) is 10.7 Å². The van der Waals surface area contributed by atoms with Gasteiger partial charge < -0.3 is 5.32 Å². The fourth-order valence-corrected chi connectivity index (χ4v) is 3.58. The van der Waals surface area contributed by atoms with E-state index < -0.39 is 0 Å². The van der Waals surface area contributed by atoms with E-state index in [9.17, 15) is 0 Å². The number of aromatic nitrogens is 4. The van der Waals surface area contributed by atoms with Crippen molar-refractivity contribution in [2.45, 2.75) is 30.3 Å². The van der Waals surface area contributed by atoms with Crippen LogP contribution >= 0.6 is 27.7 Å². The number of hydrogen-bond donors (Lipinski definition) is 1. The van der Waals surface area contributed by atoms with E-state index in [2.05, 4.69) is 43.5 Å². The number of benzene rings is 1. The molecule has 0 unspecified atom stereocenters. The number of rotatable bonds is 5. The highest BCUT2D eigenvalue weighted by Gasteiger charge is 2.11. The Morgan fingerprint density at radius 3 is 2.63 bits per heavy atom. The summed E-state index contributed by atoms with van der Waals surface area (Å²) >= 11 is 5.15. The van der Waals surface area contributed by atoms with E-state index in [4.69, 9.17) is 4.98 Å². The van der Waals surface area contributed by atoms with E-state index in [1.54, 1.807) is 28.7 Å². The highest BCUT2D eigenvalue weighted by molar-refractivity contribution is 9.10. The van der Waals surface area contributed by atoms with E-state index in [-0.39, 0.29) is 0 Å². The van der Waals surface area contributed by atoms with E-state index in [1.807, 2.05) is 56.4 Å². The number of nitrogens with one attached hydrogen (secondary N) is 1. The molecular weight excluding hydrogens is 422 g/mol. The predicted molar refractivity (Wildman–Crippen MR) is 114 cm³/mol. The molecule has 3 heterocycles. The third-order valence-electron chi connectivity index (χ3n) is 3.57. The Morgan fingerprint density at radius 1 is 1.07 bits per heavy atom. The predicted octanol–water partition coefficient (Wildman–Crippen LogP) is 5.68. The van der Waals surface area contributed by atoms with Crippen molar-refractivity contribution in [3.63, 3.8) is 0 Å². The SMILES string of the molecule is Brc1cnn2c(NCc3cccnc3)cc(Sc3ccccc3)nc12.CC. The summed E-state index contributed by atoms with van der Waals surface area (Å²) in [6.45, 7) is 4.67. The largest absolute Gasteiger partial charge is 0.366 e. The topological polar surface area (TPSA) is 55.1 Å². The number of halogens is 1. The maximum Gasteiger partial charge on any atom is 0.172 e. The van der Waals surface area contributed by atoms with Crippen LogP contribution in [0.15, 0.2) is 81.5 Å². The Labute approximate surface area is 171 Å². The Hall–Kier alpha value is -2.38. The molecule has 0 aliphatic rings. The summed E-state index contributed by atoms with van der Waals surface area (Å²) in [4.78, 5) is 10.0. The van der Waals surface area contributed by atoms with Gasteiger partial charge in [-0.05, 0) is 39.7 Å². The van der Waals surface area contributed by atoms with Crippen LogP contribution < -0.4 is 5.32 Å². The van der Waals surface area contributed by atoms with Crippen molar-refractivity contribution in [2.75, 3.05) is 5.32 Å². The fourth-order valence-electron chi connectivity index (χ4n) is 2.40. The second kappa shape index (κ2) is 9.53. The van der Waals surface area contributed by atoms with Gasteiger partial charge in [-0.25, -0.2) is 4.98 Å². The minimum absolute atomic E-state index is 0.667. The lowest BCUT2D eigenvalue weighted by atomic mass is 10.3. The Balaban J connectivity index is 0.00000102. The molecule has 4 aromatic rings. The summed E-state index contributed by atoms with van der Waals surface area (Å²) in [5.41, 5.74) is 1.89. The van der Waals surface area contributed by atoms with Crippen LogP contribution in [-0.4, -0.2) is 19.6 Å². The Kier molecular flexibility index (Phi) is 6.84. The van der Waals surface area contributed by atoms with Gasteiger partial charge in [-0.3, -0.25) is 4.98 Å². The van der Waals surface area contributed by atoms with Gasteiger partial charge in [0.25, 0.3) is 0 Å². The molecule has 0 amide bonds.